The van der Waals surface area contributed by atoms with Gasteiger partial charge >= 0.3 is 0 Å². The average Bonchev–Trinajstić information content (AvgIpc) is 2.59. The fourth-order valence-corrected chi connectivity index (χ4v) is 3.32. The van der Waals surface area contributed by atoms with Gasteiger partial charge in [-0.25, -0.2) is 0 Å². The molecule has 6 heteroatoms. The third-order valence-electron chi connectivity index (χ3n) is 4.63. The molecule has 0 saturated carbocycles. The minimum absolute atomic E-state index is 0.0292. The van der Waals surface area contributed by atoms with E-state index >= 15 is 0 Å². The first-order valence-electron chi connectivity index (χ1n) is 7.91. The Morgan fingerprint density at radius 2 is 1.91 bits per heavy atom. The lowest BCUT2D eigenvalue weighted by Gasteiger charge is -2.33. The summed E-state index contributed by atoms with van der Waals surface area (Å²) >= 11 is 0. The first-order valence-corrected chi connectivity index (χ1v) is 7.91. The molecule has 2 amide bonds. The van der Waals surface area contributed by atoms with E-state index in [-0.39, 0.29) is 17.7 Å². The molecule has 0 bridgehead atoms. The highest BCUT2D eigenvalue weighted by Crippen LogP contribution is 2.33. The molecule has 2 aliphatic rings. The Labute approximate surface area is 135 Å². The average molecular weight is 318 g/mol. The third kappa shape index (κ3) is 3.11. The number of methoxy groups -OCH3 is 2. The van der Waals surface area contributed by atoms with Gasteiger partial charge < -0.3 is 19.7 Å². The molecule has 6 nitrogen and oxygen atoms in total. The van der Waals surface area contributed by atoms with Gasteiger partial charge in [-0.1, -0.05) is 0 Å². The predicted octanol–water partition coefficient (Wildman–Crippen LogP) is 1.11. The second-order valence-corrected chi connectivity index (χ2v) is 6.03. The fraction of sp³-hybridized carbons (Fsp3) is 0.529. The number of amides is 2. The Kier molecular flexibility index (Phi) is 4.41. The highest BCUT2D eigenvalue weighted by Gasteiger charge is 2.31. The molecule has 2 aliphatic heterocycles. The Balaban J connectivity index is 1.76. The minimum Gasteiger partial charge on any atom is -0.493 e. The molecule has 1 fully saturated rings. The van der Waals surface area contributed by atoms with E-state index in [0.717, 1.165) is 24.2 Å². The van der Waals surface area contributed by atoms with Crippen LogP contribution in [-0.4, -0.2) is 44.0 Å². The van der Waals surface area contributed by atoms with Crippen molar-refractivity contribution in [1.29, 1.82) is 0 Å². The summed E-state index contributed by atoms with van der Waals surface area (Å²) in [5.74, 6) is 1.26. The van der Waals surface area contributed by atoms with Crippen molar-refractivity contribution in [3.8, 4) is 11.5 Å². The molecule has 1 unspecified atom stereocenters. The lowest BCUT2D eigenvalue weighted by atomic mass is 9.93. The molecule has 1 atom stereocenters. The summed E-state index contributed by atoms with van der Waals surface area (Å²) < 4.78 is 10.7. The van der Waals surface area contributed by atoms with Crippen molar-refractivity contribution >= 4 is 11.8 Å². The maximum atomic E-state index is 12.7. The molecule has 124 valence electrons. The number of nitrogens with zero attached hydrogens (tertiary/aromatic N) is 1. The smallest absolute Gasteiger partial charge is 0.226 e. The summed E-state index contributed by atoms with van der Waals surface area (Å²) in [5, 5.41) is 2.77. The summed E-state index contributed by atoms with van der Waals surface area (Å²) in [6, 6.07) is 3.94. The number of nitrogens with one attached hydrogen (secondary N) is 1. The second-order valence-electron chi connectivity index (χ2n) is 6.03. The van der Waals surface area contributed by atoms with Gasteiger partial charge in [0.25, 0.3) is 0 Å². The van der Waals surface area contributed by atoms with Crippen LogP contribution in [0.2, 0.25) is 0 Å². The van der Waals surface area contributed by atoms with Crippen molar-refractivity contribution in [2.75, 3.05) is 27.3 Å². The molecule has 1 N–H and O–H groups in total. The minimum atomic E-state index is -0.189. The van der Waals surface area contributed by atoms with Gasteiger partial charge in [-0.3, -0.25) is 9.59 Å². The highest BCUT2D eigenvalue weighted by atomic mass is 16.5. The molecular formula is C17H22N2O4. The third-order valence-corrected chi connectivity index (χ3v) is 4.63. The van der Waals surface area contributed by atoms with Crippen molar-refractivity contribution < 1.29 is 19.1 Å². The molecule has 2 heterocycles. The zero-order valence-corrected chi connectivity index (χ0v) is 13.6. The fourth-order valence-electron chi connectivity index (χ4n) is 3.32. The molecule has 1 saturated heterocycles. The summed E-state index contributed by atoms with van der Waals surface area (Å²) in [6.07, 6.45) is 1.81. The van der Waals surface area contributed by atoms with Gasteiger partial charge in [-0.15, -0.1) is 0 Å². The van der Waals surface area contributed by atoms with Gasteiger partial charge in [-0.2, -0.15) is 0 Å². The standard InChI is InChI=1S/C17H22N2O4/c1-22-14-7-11-4-6-19(10-13(11)8-15(14)23-2)17(21)12-3-5-18-16(20)9-12/h7-8,12H,3-6,9-10H2,1-2H3,(H,18,20). The largest absolute Gasteiger partial charge is 0.493 e. The van der Waals surface area contributed by atoms with Crippen molar-refractivity contribution in [3.63, 3.8) is 0 Å². The van der Waals surface area contributed by atoms with E-state index in [1.807, 2.05) is 17.0 Å². The number of hydrogen-bond donors (Lipinski definition) is 1. The molecule has 1 aromatic rings. The van der Waals surface area contributed by atoms with Gasteiger partial charge in [0, 0.05) is 32.0 Å². The highest BCUT2D eigenvalue weighted by molar-refractivity contribution is 5.87. The number of rotatable bonds is 3. The number of fused-ring (bicyclic) bond motifs is 1. The monoisotopic (exact) mass is 318 g/mol. The van der Waals surface area contributed by atoms with Gasteiger partial charge in [0.05, 0.1) is 14.2 Å². The van der Waals surface area contributed by atoms with Gasteiger partial charge in [0.1, 0.15) is 0 Å². The van der Waals surface area contributed by atoms with E-state index in [0.29, 0.717) is 31.8 Å². The number of carbonyl (C=O) groups excluding carboxylic acids is 2. The maximum absolute atomic E-state index is 12.7. The Morgan fingerprint density at radius 3 is 2.57 bits per heavy atom. The molecule has 0 radical (unpaired) electrons. The number of carbonyl (C=O) groups is 2. The van der Waals surface area contributed by atoms with Gasteiger partial charge in [0.2, 0.25) is 11.8 Å². The van der Waals surface area contributed by atoms with Crippen LogP contribution in [0.4, 0.5) is 0 Å². The van der Waals surface area contributed by atoms with Crippen molar-refractivity contribution in [2.45, 2.75) is 25.8 Å². The van der Waals surface area contributed by atoms with Crippen LogP contribution in [0.3, 0.4) is 0 Å². The van der Waals surface area contributed by atoms with E-state index in [2.05, 4.69) is 5.32 Å². The summed E-state index contributed by atoms with van der Waals surface area (Å²) in [5.41, 5.74) is 2.27. The van der Waals surface area contributed by atoms with Crippen LogP contribution in [0.15, 0.2) is 12.1 Å². The molecule has 1 aromatic carbocycles. The van der Waals surface area contributed by atoms with Gasteiger partial charge in [-0.05, 0) is 36.1 Å². The van der Waals surface area contributed by atoms with Crippen LogP contribution < -0.4 is 14.8 Å². The lowest BCUT2D eigenvalue weighted by Crippen LogP contribution is -2.44. The Hall–Kier alpha value is -2.24. The van der Waals surface area contributed by atoms with Crippen LogP contribution in [0.5, 0.6) is 11.5 Å². The number of benzene rings is 1. The van der Waals surface area contributed by atoms with E-state index in [9.17, 15) is 9.59 Å². The normalized spacial score (nSPS) is 20.5. The Bertz CT molecular complexity index is 629. The van der Waals surface area contributed by atoms with Crippen molar-refractivity contribution in [1.82, 2.24) is 10.2 Å². The van der Waals surface area contributed by atoms with Crippen LogP contribution in [0, 0.1) is 5.92 Å². The molecular weight excluding hydrogens is 296 g/mol. The lowest BCUT2D eigenvalue weighted by molar-refractivity contribution is -0.140. The molecule has 0 aromatic heterocycles. The molecule has 0 spiro atoms. The van der Waals surface area contributed by atoms with E-state index in [1.165, 1.54) is 5.56 Å². The molecule has 3 rings (SSSR count). The Morgan fingerprint density at radius 1 is 1.22 bits per heavy atom. The van der Waals surface area contributed by atoms with Crippen molar-refractivity contribution in [3.05, 3.63) is 23.3 Å². The van der Waals surface area contributed by atoms with Crippen LogP contribution in [0.25, 0.3) is 0 Å². The van der Waals surface area contributed by atoms with Crippen molar-refractivity contribution in [2.24, 2.45) is 5.92 Å². The topological polar surface area (TPSA) is 67.9 Å². The predicted molar refractivity (Wildman–Crippen MR) is 84.4 cm³/mol. The molecule has 23 heavy (non-hydrogen) atoms. The number of ether oxygens (including phenoxy) is 2. The first kappa shape index (κ1) is 15.6. The van der Waals surface area contributed by atoms with Crippen LogP contribution >= 0.6 is 0 Å². The second kappa shape index (κ2) is 6.48. The summed E-state index contributed by atoms with van der Waals surface area (Å²) in [7, 11) is 3.23. The maximum Gasteiger partial charge on any atom is 0.226 e. The molecule has 0 aliphatic carbocycles. The van der Waals surface area contributed by atoms with E-state index in [4.69, 9.17) is 9.47 Å². The summed E-state index contributed by atoms with van der Waals surface area (Å²) in [6.45, 7) is 1.83. The van der Waals surface area contributed by atoms with Gasteiger partial charge in [0.15, 0.2) is 11.5 Å². The van der Waals surface area contributed by atoms with E-state index < -0.39 is 0 Å². The SMILES string of the molecule is COc1cc2c(cc1OC)CN(C(=O)C1CCNC(=O)C1)CC2. The zero-order chi connectivity index (χ0) is 16.4. The number of piperidine rings is 1. The van der Waals surface area contributed by atoms with Crippen LogP contribution in [0.1, 0.15) is 24.0 Å². The first-order chi connectivity index (χ1) is 11.1. The zero-order valence-electron chi connectivity index (χ0n) is 13.6. The van der Waals surface area contributed by atoms with E-state index in [1.54, 1.807) is 14.2 Å². The quantitative estimate of drug-likeness (QED) is 0.907. The summed E-state index contributed by atoms with van der Waals surface area (Å²) in [4.78, 5) is 26.0. The van der Waals surface area contributed by atoms with Crippen LogP contribution in [-0.2, 0) is 22.6 Å². The number of hydrogen-bond acceptors (Lipinski definition) is 4.